The molecule has 0 spiro atoms. The van der Waals surface area contributed by atoms with Crippen molar-refractivity contribution < 1.29 is 4.74 Å². The van der Waals surface area contributed by atoms with Gasteiger partial charge in [-0.05, 0) is 43.5 Å². The number of benzene rings is 1. The molecule has 2 saturated heterocycles. The zero-order chi connectivity index (χ0) is 11.2. The molecule has 3 atom stereocenters. The third-order valence-electron chi connectivity index (χ3n) is 4.63. The van der Waals surface area contributed by atoms with Gasteiger partial charge in [0.15, 0.2) is 0 Å². The van der Waals surface area contributed by atoms with E-state index in [1.807, 2.05) is 0 Å². The molecule has 1 aromatic carbocycles. The second-order valence-electron chi connectivity index (χ2n) is 5.57. The van der Waals surface area contributed by atoms with Crippen LogP contribution in [-0.4, -0.2) is 24.0 Å². The molecule has 0 saturated carbocycles. The van der Waals surface area contributed by atoms with Crippen LogP contribution in [-0.2, 0) is 4.74 Å². The molecule has 3 aliphatic rings. The SMILES string of the molecule is c1ccc2c(c1)[C@H]1O[C@@H]2C[C@@H]1N1CCCCC1. The molecule has 0 amide bonds. The standard InChI is InChI=1S/C15H19NO/c1-4-8-16(9-5-1)13-10-14-11-6-2-3-7-12(11)15(13)17-14/h2-3,6-7,13-15H,1,4-5,8-10H2/t13-,14+,15+/m0/s1. The van der Waals surface area contributed by atoms with Gasteiger partial charge in [0.2, 0.25) is 0 Å². The van der Waals surface area contributed by atoms with Crippen LogP contribution in [0.1, 0.15) is 49.0 Å². The highest BCUT2D eigenvalue weighted by Gasteiger charge is 2.47. The van der Waals surface area contributed by atoms with Crippen molar-refractivity contribution in [1.29, 1.82) is 0 Å². The molecule has 0 unspecified atom stereocenters. The van der Waals surface area contributed by atoms with E-state index in [-0.39, 0.29) is 0 Å². The summed E-state index contributed by atoms with van der Waals surface area (Å²) in [6, 6.07) is 9.44. The van der Waals surface area contributed by atoms with E-state index in [0.29, 0.717) is 18.2 Å². The van der Waals surface area contributed by atoms with Crippen LogP contribution in [0, 0.1) is 0 Å². The van der Waals surface area contributed by atoms with Crippen molar-refractivity contribution >= 4 is 0 Å². The fraction of sp³-hybridized carbons (Fsp3) is 0.600. The summed E-state index contributed by atoms with van der Waals surface area (Å²) in [5.41, 5.74) is 2.91. The summed E-state index contributed by atoms with van der Waals surface area (Å²) in [5.74, 6) is 0. The normalized spacial score (nSPS) is 36.1. The van der Waals surface area contributed by atoms with Gasteiger partial charge < -0.3 is 4.74 Å². The quantitative estimate of drug-likeness (QED) is 0.734. The number of likely N-dealkylation sites (tertiary alicyclic amines) is 1. The molecular formula is C15H19NO. The fourth-order valence-electron chi connectivity index (χ4n) is 3.80. The number of rotatable bonds is 1. The van der Waals surface area contributed by atoms with E-state index >= 15 is 0 Å². The summed E-state index contributed by atoms with van der Waals surface area (Å²) >= 11 is 0. The van der Waals surface area contributed by atoms with Crippen molar-refractivity contribution in [1.82, 2.24) is 4.90 Å². The molecule has 3 aliphatic heterocycles. The first-order valence-corrected chi connectivity index (χ1v) is 6.92. The monoisotopic (exact) mass is 229 g/mol. The second kappa shape index (κ2) is 3.82. The van der Waals surface area contributed by atoms with Gasteiger partial charge in [-0.15, -0.1) is 0 Å². The van der Waals surface area contributed by atoms with E-state index in [1.54, 1.807) is 0 Å². The van der Waals surface area contributed by atoms with Crippen molar-refractivity contribution in [3.05, 3.63) is 35.4 Å². The zero-order valence-corrected chi connectivity index (χ0v) is 10.1. The van der Waals surface area contributed by atoms with Crippen LogP contribution < -0.4 is 0 Å². The smallest absolute Gasteiger partial charge is 0.0993 e. The van der Waals surface area contributed by atoms with Gasteiger partial charge in [0, 0.05) is 6.04 Å². The van der Waals surface area contributed by atoms with Crippen LogP contribution in [0.2, 0.25) is 0 Å². The second-order valence-corrected chi connectivity index (χ2v) is 5.57. The lowest BCUT2D eigenvalue weighted by atomic mass is 9.87. The molecule has 0 aromatic heterocycles. The van der Waals surface area contributed by atoms with Gasteiger partial charge >= 0.3 is 0 Å². The highest BCUT2D eigenvalue weighted by atomic mass is 16.5. The lowest BCUT2D eigenvalue weighted by molar-refractivity contribution is 0.0386. The first-order valence-electron chi connectivity index (χ1n) is 6.92. The summed E-state index contributed by atoms with van der Waals surface area (Å²) in [6.45, 7) is 2.55. The molecule has 4 rings (SSSR count). The molecule has 2 nitrogen and oxygen atoms in total. The molecular weight excluding hydrogens is 210 g/mol. The van der Waals surface area contributed by atoms with Crippen LogP contribution in [0.4, 0.5) is 0 Å². The molecule has 0 N–H and O–H groups in total. The predicted molar refractivity (Wildman–Crippen MR) is 66.8 cm³/mol. The Morgan fingerprint density at radius 2 is 1.76 bits per heavy atom. The largest absolute Gasteiger partial charge is 0.364 e. The number of piperidine rings is 1. The van der Waals surface area contributed by atoms with Gasteiger partial charge in [0.05, 0.1) is 12.2 Å². The molecule has 17 heavy (non-hydrogen) atoms. The fourth-order valence-corrected chi connectivity index (χ4v) is 3.80. The first-order chi connectivity index (χ1) is 8.43. The third-order valence-corrected chi connectivity index (χ3v) is 4.63. The van der Waals surface area contributed by atoms with E-state index in [9.17, 15) is 0 Å². The summed E-state index contributed by atoms with van der Waals surface area (Å²) in [6.07, 6.45) is 6.10. The van der Waals surface area contributed by atoms with Crippen LogP contribution in [0.3, 0.4) is 0 Å². The molecule has 2 bridgehead atoms. The maximum atomic E-state index is 6.17. The van der Waals surface area contributed by atoms with Crippen LogP contribution >= 0.6 is 0 Å². The summed E-state index contributed by atoms with van der Waals surface area (Å²) in [5, 5.41) is 0. The van der Waals surface area contributed by atoms with E-state index < -0.39 is 0 Å². The number of fused-ring (bicyclic) bond motifs is 5. The molecule has 2 fully saturated rings. The van der Waals surface area contributed by atoms with Crippen LogP contribution in [0.15, 0.2) is 24.3 Å². The molecule has 0 aliphatic carbocycles. The van der Waals surface area contributed by atoms with Crippen molar-refractivity contribution in [2.24, 2.45) is 0 Å². The van der Waals surface area contributed by atoms with Gasteiger partial charge in [-0.2, -0.15) is 0 Å². The lowest BCUT2D eigenvalue weighted by Gasteiger charge is -2.36. The maximum absolute atomic E-state index is 6.17. The topological polar surface area (TPSA) is 12.5 Å². The Bertz CT molecular complexity index is 425. The van der Waals surface area contributed by atoms with E-state index in [1.165, 1.54) is 49.9 Å². The third kappa shape index (κ3) is 1.47. The summed E-state index contributed by atoms with van der Waals surface area (Å²) < 4.78 is 6.17. The molecule has 90 valence electrons. The zero-order valence-electron chi connectivity index (χ0n) is 10.1. The van der Waals surface area contributed by atoms with Gasteiger partial charge in [0.25, 0.3) is 0 Å². The average molecular weight is 229 g/mol. The van der Waals surface area contributed by atoms with Crippen molar-refractivity contribution in [2.75, 3.05) is 13.1 Å². The van der Waals surface area contributed by atoms with E-state index in [2.05, 4.69) is 29.2 Å². The van der Waals surface area contributed by atoms with Gasteiger partial charge in [0.1, 0.15) is 0 Å². The Hall–Kier alpha value is -0.860. The highest BCUT2D eigenvalue weighted by Crippen LogP contribution is 2.52. The number of ether oxygens (including phenoxy) is 1. The van der Waals surface area contributed by atoms with Crippen LogP contribution in [0.25, 0.3) is 0 Å². The molecule has 2 heteroatoms. The minimum absolute atomic E-state index is 0.356. The maximum Gasteiger partial charge on any atom is 0.0993 e. The Morgan fingerprint density at radius 1 is 1.00 bits per heavy atom. The average Bonchev–Trinajstić information content (AvgIpc) is 2.99. The Morgan fingerprint density at radius 3 is 2.59 bits per heavy atom. The van der Waals surface area contributed by atoms with Crippen molar-refractivity contribution in [3.8, 4) is 0 Å². The van der Waals surface area contributed by atoms with E-state index in [4.69, 9.17) is 4.74 Å². The van der Waals surface area contributed by atoms with Crippen molar-refractivity contribution in [3.63, 3.8) is 0 Å². The minimum atomic E-state index is 0.356. The van der Waals surface area contributed by atoms with Crippen molar-refractivity contribution in [2.45, 2.75) is 43.9 Å². The number of hydrogen-bond acceptors (Lipinski definition) is 2. The Kier molecular flexibility index (Phi) is 2.27. The van der Waals surface area contributed by atoms with E-state index in [0.717, 1.165) is 0 Å². The lowest BCUT2D eigenvalue weighted by Crippen LogP contribution is -2.41. The predicted octanol–water partition coefficient (Wildman–Crippen LogP) is 3.06. The van der Waals surface area contributed by atoms with Gasteiger partial charge in [-0.25, -0.2) is 0 Å². The Labute approximate surface area is 103 Å². The molecule has 0 radical (unpaired) electrons. The van der Waals surface area contributed by atoms with Crippen LogP contribution in [0.5, 0.6) is 0 Å². The van der Waals surface area contributed by atoms with Gasteiger partial charge in [-0.1, -0.05) is 30.7 Å². The number of nitrogens with zero attached hydrogens (tertiary/aromatic N) is 1. The summed E-state index contributed by atoms with van der Waals surface area (Å²) in [4.78, 5) is 2.67. The molecule has 3 heterocycles. The Balaban J connectivity index is 1.62. The van der Waals surface area contributed by atoms with Gasteiger partial charge in [-0.3, -0.25) is 4.90 Å². The first kappa shape index (κ1) is 10.1. The highest BCUT2D eigenvalue weighted by molar-refractivity contribution is 5.38. The summed E-state index contributed by atoms with van der Waals surface area (Å²) in [7, 11) is 0. The minimum Gasteiger partial charge on any atom is -0.364 e. The molecule has 1 aromatic rings. The number of hydrogen-bond donors (Lipinski definition) is 0.